The fourth-order valence-corrected chi connectivity index (χ4v) is 4.18. The Labute approximate surface area is 165 Å². The minimum atomic E-state index is 0.496. The first-order valence-electron chi connectivity index (χ1n) is 10.4. The first-order valence-corrected chi connectivity index (χ1v) is 10.4. The molecule has 5 nitrogen and oxygen atoms in total. The molecule has 2 aliphatic carbocycles. The monoisotopic (exact) mass is 374 g/mol. The van der Waals surface area contributed by atoms with Crippen molar-refractivity contribution in [3.05, 3.63) is 65.8 Å². The summed E-state index contributed by atoms with van der Waals surface area (Å²) < 4.78 is 5.37. The molecule has 2 aliphatic rings. The van der Waals surface area contributed by atoms with E-state index in [2.05, 4.69) is 50.8 Å². The molecule has 0 bridgehead atoms. The van der Waals surface area contributed by atoms with Gasteiger partial charge in [0, 0.05) is 36.5 Å². The van der Waals surface area contributed by atoms with Crippen molar-refractivity contribution in [3.8, 4) is 11.4 Å². The molecule has 0 unspecified atom stereocenters. The van der Waals surface area contributed by atoms with Crippen LogP contribution in [0.5, 0.6) is 0 Å². The Morgan fingerprint density at radius 3 is 2.68 bits per heavy atom. The van der Waals surface area contributed by atoms with Crippen LogP contribution in [0.15, 0.2) is 53.3 Å². The van der Waals surface area contributed by atoms with E-state index in [-0.39, 0.29) is 0 Å². The molecule has 3 aromatic rings. The van der Waals surface area contributed by atoms with Gasteiger partial charge in [0.2, 0.25) is 11.7 Å². The lowest BCUT2D eigenvalue weighted by atomic mass is 9.82. The molecule has 2 aromatic heterocycles. The molecule has 28 heavy (non-hydrogen) atoms. The Balaban J connectivity index is 1.17. The van der Waals surface area contributed by atoms with E-state index in [1.807, 2.05) is 18.5 Å². The Morgan fingerprint density at radius 2 is 1.89 bits per heavy atom. The van der Waals surface area contributed by atoms with Gasteiger partial charge in [0.1, 0.15) is 0 Å². The maximum Gasteiger partial charge on any atom is 0.230 e. The summed E-state index contributed by atoms with van der Waals surface area (Å²) in [6, 6.07) is 13.3. The molecular weight excluding hydrogens is 348 g/mol. The Kier molecular flexibility index (Phi) is 4.92. The van der Waals surface area contributed by atoms with Crippen LogP contribution in [0.25, 0.3) is 11.4 Å². The van der Waals surface area contributed by atoms with Gasteiger partial charge < -0.3 is 9.84 Å². The van der Waals surface area contributed by atoms with E-state index < -0.39 is 0 Å². The lowest BCUT2D eigenvalue weighted by Gasteiger charge is -2.30. The zero-order valence-electron chi connectivity index (χ0n) is 16.1. The first-order chi connectivity index (χ1) is 13.8. The second-order valence-electron chi connectivity index (χ2n) is 8.16. The van der Waals surface area contributed by atoms with E-state index in [4.69, 9.17) is 4.52 Å². The van der Waals surface area contributed by atoms with E-state index in [0.717, 1.165) is 18.0 Å². The summed E-state index contributed by atoms with van der Waals surface area (Å²) in [5.74, 6) is 2.62. The van der Waals surface area contributed by atoms with Gasteiger partial charge in [-0.3, -0.25) is 4.98 Å². The summed E-state index contributed by atoms with van der Waals surface area (Å²) in [4.78, 5) is 8.82. The molecule has 144 valence electrons. The molecule has 2 heterocycles. The highest BCUT2D eigenvalue weighted by Crippen LogP contribution is 2.39. The third kappa shape index (κ3) is 3.99. The average Bonchev–Trinajstić information content (AvgIpc) is 3.50. The maximum absolute atomic E-state index is 5.37. The van der Waals surface area contributed by atoms with Crippen molar-refractivity contribution in [2.24, 2.45) is 0 Å². The van der Waals surface area contributed by atoms with Crippen LogP contribution in [0, 0.1) is 0 Å². The molecule has 2 saturated carbocycles. The number of hydrogen-bond donors (Lipinski definition) is 1. The van der Waals surface area contributed by atoms with Crippen molar-refractivity contribution in [1.29, 1.82) is 0 Å². The van der Waals surface area contributed by atoms with E-state index in [1.54, 1.807) is 0 Å². The van der Waals surface area contributed by atoms with Crippen LogP contribution in [0.2, 0.25) is 0 Å². The lowest BCUT2D eigenvalue weighted by molar-refractivity contribution is 0.338. The molecule has 1 N–H and O–H groups in total. The van der Waals surface area contributed by atoms with Gasteiger partial charge in [0.25, 0.3) is 0 Å². The van der Waals surface area contributed by atoms with Crippen LogP contribution in [0.3, 0.4) is 0 Å². The van der Waals surface area contributed by atoms with Crippen molar-refractivity contribution in [2.75, 3.05) is 0 Å². The largest absolute Gasteiger partial charge is 0.339 e. The van der Waals surface area contributed by atoms with Gasteiger partial charge in [0.05, 0.1) is 0 Å². The number of benzene rings is 1. The summed E-state index contributed by atoms with van der Waals surface area (Å²) >= 11 is 0. The fraction of sp³-hybridized carbons (Fsp3) is 0.435. The summed E-state index contributed by atoms with van der Waals surface area (Å²) in [6.45, 7) is 0.893. The number of nitrogens with one attached hydrogen (secondary N) is 1. The van der Waals surface area contributed by atoms with E-state index >= 15 is 0 Å². The number of aromatic nitrogens is 3. The Morgan fingerprint density at radius 1 is 1.00 bits per heavy atom. The number of pyridine rings is 1. The van der Waals surface area contributed by atoms with Crippen LogP contribution in [0.4, 0.5) is 0 Å². The lowest BCUT2D eigenvalue weighted by Crippen LogP contribution is -2.33. The first kappa shape index (κ1) is 17.6. The zero-order chi connectivity index (χ0) is 18.8. The normalized spacial score (nSPS) is 22.3. The van der Waals surface area contributed by atoms with Crippen LogP contribution in [0.1, 0.15) is 67.4 Å². The topological polar surface area (TPSA) is 63.8 Å². The predicted octanol–water partition coefficient (Wildman–Crippen LogP) is 4.83. The van der Waals surface area contributed by atoms with Gasteiger partial charge in [-0.05, 0) is 55.2 Å². The van der Waals surface area contributed by atoms with Gasteiger partial charge in [-0.15, -0.1) is 0 Å². The zero-order valence-corrected chi connectivity index (χ0v) is 16.1. The van der Waals surface area contributed by atoms with Crippen molar-refractivity contribution < 1.29 is 4.52 Å². The Bertz CT molecular complexity index is 902. The number of nitrogens with zero attached hydrogens (tertiary/aromatic N) is 3. The SMILES string of the molecule is c1cncc([C@@H]2CCC[C@H](NCc3ccc(-c4noc(C5CC5)n4)cc3)C2)c1. The highest BCUT2D eigenvalue weighted by molar-refractivity contribution is 5.54. The second-order valence-corrected chi connectivity index (χ2v) is 8.16. The van der Waals surface area contributed by atoms with Gasteiger partial charge >= 0.3 is 0 Å². The van der Waals surface area contributed by atoms with Gasteiger partial charge in [-0.2, -0.15) is 4.98 Å². The highest BCUT2D eigenvalue weighted by atomic mass is 16.5. The van der Waals surface area contributed by atoms with Crippen LogP contribution in [-0.2, 0) is 6.54 Å². The summed E-state index contributed by atoms with van der Waals surface area (Å²) in [5, 5.41) is 7.88. The van der Waals surface area contributed by atoms with Crippen LogP contribution >= 0.6 is 0 Å². The minimum absolute atomic E-state index is 0.496. The van der Waals surface area contributed by atoms with Gasteiger partial charge in [-0.25, -0.2) is 0 Å². The molecule has 0 saturated heterocycles. The number of hydrogen-bond acceptors (Lipinski definition) is 5. The van der Waals surface area contributed by atoms with Crippen LogP contribution in [-0.4, -0.2) is 21.2 Å². The van der Waals surface area contributed by atoms with E-state index in [9.17, 15) is 0 Å². The molecule has 0 aliphatic heterocycles. The quantitative estimate of drug-likeness (QED) is 0.670. The van der Waals surface area contributed by atoms with Crippen molar-refractivity contribution >= 4 is 0 Å². The molecule has 2 fully saturated rings. The molecule has 1 aromatic carbocycles. The molecule has 0 amide bonds. The molecular formula is C23H26N4O. The molecule has 2 atom stereocenters. The molecule has 0 radical (unpaired) electrons. The van der Waals surface area contributed by atoms with Gasteiger partial charge in [0.15, 0.2) is 0 Å². The van der Waals surface area contributed by atoms with E-state index in [0.29, 0.717) is 23.7 Å². The summed E-state index contributed by atoms with van der Waals surface area (Å²) in [6.07, 6.45) is 11.2. The molecule has 5 rings (SSSR count). The standard InChI is InChI=1S/C23H26N4O/c1-3-19(20-4-2-12-24-15-20)13-21(5-1)25-14-16-6-8-17(9-7-16)22-26-23(28-27-22)18-10-11-18/h2,4,6-9,12,15,18-19,21,25H,1,3,5,10-11,13-14H2/t19-,21+/m1/s1. The fourth-order valence-electron chi connectivity index (χ4n) is 4.18. The average molecular weight is 374 g/mol. The number of rotatable bonds is 6. The predicted molar refractivity (Wildman–Crippen MR) is 108 cm³/mol. The highest BCUT2D eigenvalue weighted by Gasteiger charge is 2.29. The third-order valence-corrected chi connectivity index (χ3v) is 6.01. The van der Waals surface area contributed by atoms with Crippen molar-refractivity contribution in [1.82, 2.24) is 20.4 Å². The van der Waals surface area contributed by atoms with E-state index in [1.165, 1.54) is 49.7 Å². The minimum Gasteiger partial charge on any atom is -0.339 e. The van der Waals surface area contributed by atoms with Crippen molar-refractivity contribution in [3.63, 3.8) is 0 Å². The summed E-state index contributed by atoms with van der Waals surface area (Å²) in [7, 11) is 0. The van der Waals surface area contributed by atoms with Crippen LogP contribution < -0.4 is 5.32 Å². The van der Waals surface area contributed by atoms with Gasteiger partial charge in [-0.1, -0.05) is 41.9 Å². The van der Waals surface area contributed by atoms with Crippen molar-refractivity contribution in [2.45, 2.75) is 62.9 Å². The second kappa shape index (κ2) is 7.84. The molecule has 0 spiro atoms. The smallest absolute Gasteiger partial charge is 0.230 e. The molecule has 5 heteroatoms. The summed E-state index contributed by atoms with van der Waals surface area (Å²) in [5.41, 5.74) is 3.69. The Hall–Kier alpha value is -2.53. The third-order valence-electron chi connectivity index (χ3n) is 6.01. The maximum atomic E-state index is 5.37.